The van der Waals surface area contributed by atoms with E-state index in [9.17, 15) is 0 Å². The molecule has 1 aliphatic carbocycles. The number of benzene rings is 1. The van der Waals surface area contributed by atoms with E-state index >= 15 is 0 Å². The SMILES string of the molecule is CCNC(Cc1ccc(Cl)cc1Cl)C1CCCC1. The first-order valence-electron chi connectivity index (χ1n) is 6.88. The summed E-state index contributed by atoms with van der Waals surface area (Å²) in [5, 5.41) is 5.13. The van der Waals surface area contributed by atoms with Crippen LogP contribution in [0.5, 0.6) is 0 Å². The predicted octanol–water partition coefficient (Wildman–Crippen LogP) is 4.70. The molecular formula is C15H21Cl2N. The zero-order chi connectivity index (χ0) is 13.0. The first-order valence-corrected chi connectivity index (χ1v) is 7.63. The number of hydrogen-bond acceptors (Lipinski definition) is 1. The van der Waals surface area contributed by atoms with Crippen LogP contribution in [0.15, 0.2) is 18.2 Å². The molecule has 1 nitrogen and oxygen atoms in total. The highest BCUT2D eigenvalue weighted by Gasteiger charge is 2.24. The van der Waals surface area contributed by atoms with E-state index in [1.165, 1.54) is 31.2 Å². The minimum absolute atomic E-state index is 0.552. The third kappa shape index (κ3) is 3.63. The molecule has 0 aliphatic heterocycles. The molecule has 0 bridgehead atoms. The first-order chi connectivity index (χ1) is 8.70. The molecule has 2 rings (SSSR count). The molecule has 1 N–H and O–H groups in total. The fraction of sp³-hybridized carbons (Fsp3) is 0.600. The summed E-state index contributed by atoms with van der Waals surface area (Å²) in [6.07, 6.45) is 6.46. The van der Waals surface area contributed by atoms with Crippen molar-refractivity contribution in [1.29, 1.82) is 0 Å². The number of halogens is 2. The van der Waals surface area contributed by atoms with Crippen molar-refractivity contribution >= 4 is 23.2 Å². The van der Waals surface area contributed by atoms with Crippen molar-refractivity contribution < 1.29 is 0 Å². The second-order valence-corrected chi connectivity index (χ2v) is 5.99. The van der Waals surface area contributed by atoms with E-state index in [1.54, 1.807) is 0 Å². The highest BCUT2D eigenvalue weighted by Crippen LogP contribution is 2.31. The van der Waals surface area contributed by atoms with Crippen molar-refractivity contribution in [2.45, 2.75) is 45.1 Å². The second-order valence-electron chi connectivity index (χ2n) is 5.15. The summed E-state index contributed by atoms with van der Waals surface area (Å²) in [4.78, 5) is 0. The Balaban J connectivity index is 2.07. The summed E-state index contributed by atoms with van der Waals surface area (Å²) < 4.78 is 0. The highest BCUT2D eigenvalue weighted by atomic mass is 35.5. The molecule has 100 valence electrons. The molecule has 0 spiro atoms. The number of rotatable bonds is 5. The standard InChI is InChI=1S/C15H21Cl2N/c1-2-18-15(11-5-3-4-6-11)9-12-7-8-13(16)10-14(12)17/h7-8,10-11,15,18H,2-6,9H2,1H3. The van der Waals surface area contributed by atoms with Gasteiger partial charge >= 0.3 is 0 Å². The maximum Gasteiger partial charge on any atom is 0.0453 e. The van der Waals surface area contributed by atoms with Crippen LogP contribution in [0.3, 0.4) is 0 Å². The molecule has 1 aromatic rings. The van der Waals surface area contributed by atoms with E-state index in [2.05, 4.69) is 18.3 Å². The zero-order valence-corrected chi connectivity index (χ0v) is 12.4. The third-order valence-electron chi connectivity index (χ3n) is 3.89. The minimum Gasteiger partial charge on any atom is -0.314 e. The van der Waals surface area contributed by atoms with Crippen LogP contribution in [0.25, 0.3) is 0 Å². The van der Waals surface area contributed by atoms with Crippen molar-refractivity contribution in [2.75, 3.05) is 6.54 Å². The quantitative estimate of drug-likeness (QED) is 0.827. The van der Waals surface area contributed by atoms with Gasteiger partial charge in [-0.15, -0.1) is 0 Å². The lowest BCUT2D eigenvalue weighted by Gasteiger charge is -2.25. The van der Waals surface area contributed by atoms with Crippen LogP contribution in [-0.2, 0) is 6.42 Å². The van der Waals surface area contributed by atoms with Crippen LogP contribution >= 0.6 is 23.2 Å². The molecule has 1 fully saturated rings. The van der Waals surface area contributed by atoms with Crippen LogP contribution in [0.1, 0.15) is 38.2 Å². The van der Waals surface area contributed by atoms with E-state index in [1.807, 2.05) is 12.1 Å². The van der Waals surface area contributed by atoms with Gasteiger partial charge in [-0.25, -0.2) is 0 Å². The molecule has 1 saturated carbocycles. The van der Waals surface area contributed by atoms with Crippen LogP contribution in [-0.4, -0.2) is 12.6 Å². The maximum absolute atomic E-state index is 6.27. The fourth-order valence-electron chi connectivity index (χ4n) is 2.95. The van der Waals surface area contributed by atoms with Gasteiger partial charge in [0.05, 0.1) is 0 Å². The summed E-state index contributed by atoms with van der Waals surface area (Å²) >= 11 is 12.2. The van der Waals surface area contributed by atoms with Crippen molar-refractivity contribution in [3.05, 3.63) is 33.8 Å². The highest BCUT2D eigenvalue weighted by molar-refractivity contribution is 6.35. The number of nitrogens with one attached hydrogen (secondary N) is 1. The molecule has 1 atom stereocenters. The van der Waals surface area contributed by atoms with Crippen LogP contribution in [0.2, 0.25) is 10.0 Å². The van der Waals surface area contributed by atoms with Gasteiger partial charge in [-0.1, -0.05) is 49.0 Å². The van der Waals surface area contributed by atoms with E-state index in [-0.39, 0.29) is 0 Å². The molecule has 0 radical (unpaired) electrons. The second kappa shape index (κ2) is 6.79. The normalized spacial score (nSPS) is 18.2. The van der Waals surface area contributed by atoms with Crippen molar-refractivity contribution in [3.63, 3.8) is 0 Å². The monoisotopic (exact) mass is 285 g/mol. The van der Waals surface area contributed by atoms with E-state index in [4.69, 9.17) is 23.2 Å². The minimum atomic E-state index is 0.552. The molecule has 1 aliphatic rings. The molecular weight excluding hydrogens is 265 g/mol. The Labute approximate surface area is 120 Å². The van der Waals surface area contributed by atoms with Gasteiger partial charge in [0.1, 0.15) is 0 Å². The third-order valence-corrected chi connectivity index (χ3v) is 4.48. The average Bonchev–Trinajstić information content (AvgIpc) is 2.85. The Kier molecular flexibility index (Phi) is 5.35. The van der Waals surface area contributed by atoms with Gasteiger partial charge in [-0.05, 0) is 49.4 Å². The number of likely N-dealkylation sites (N-methyl/N-ethyl adjacent to an activating group) is 1. The summed E-state index contributed by atoms with van der Waals surface area (Å²) in [6.45, 7) is 3.19. The van der Waals surface area contributed by atoms with Crippen molar-refractivity contribution in [1.82, 2.24) is 5.32 Å². The molecule has 1 unspecified atom stereocenters. The fourth-order valence-corrected chi connectivity index (χ4v) is 3.44. The average molecular weight is 286 g/mol. The molecule has 18 heavy (non-hydrogen) atoms. The van der Waals surface area contributed by atoms with E-state index in [0.717, 1.165) is 23.9 Å². The Morgan fingerprint density at radius 3 is 2.61 bits per heavy atom. The lowest BCUT2D eigenvalue weighted by atomic mass is 9.92. The predicted molar refractivity (Wildman–Crippen MR) is 79.6 cm³/mol. The van der Waals surface area contributed by atoms with Crippen molar-refractivity contribution in [2.24, 2.45) is 5.92 Å². The Hall–Kier alpha value is -0.240. The molecule has 0 saturated heterocycles. The van der Waals surface area contributed by atoms with E-state index < -0.39 is 0 Å². The van der Waals surface area contributed by atoms with Crippen LogP contribution < -0.4 is 5.32 Å². The Morgan fingerprint density at radius 1 is 1.28 bits per heavy atom. The first kappa shape index (κ1) is 14.2. The van der Waals surface area contributed by atoms with Crippen LogP contribution in [0, 0.1) is 5.92 Å². The smallest absolute Gasteiger partial charge is 0.0453 e. The molecule has 1 aromatic carbocycles. The van der Waals surface area contributed by atoms with Crippen molar-refractivity contribution in [3.8, 4) is 0 Å². The van der Waals surface area contributed by atoms with Gasteiger partial charge in [-0.2, -0.15) is 0 Å². The molecule has 0 amide bonds. The summed E-state index contributed by atoms with van der Waals surface area (Å²) in [7, 11) is 0. The van der Waals surface area contributed by atoms with Gasteiger partial charge < -0.3 is 5.32 Å². The molecule has 0 aromatic heterocycles. The summed E-state index contributed by atoms with van der Waals surface area (Å²) in [5.41, 5.74) is 1.21. The van der Waals surface area contributed by atoms with Gasteiger partial charge in [0.2, 0.25) is 0 Å². The van der Waals surface area contributed by atoms with Gasteiger partial charge in [-0.3, -0.25) is 0 Å². The molecule has 3 heteroatoms. The van der Waals surface area contributed by atoms with E-state index in [0.29, 0.717) is 11.1 Å². The maximum atomic E-state index is 6.27. The van der Waals surface area contributed by atoms with Crippen LogP contribution in [0.4, 0.5) is 0 Å². The Bertz CT molecular complexity index is 386. The van der Waals surface area contributed by atoms with Gasteiger partial charge in [0.15, 0.2) is 0 Å². The molecule has 0 heterocycles. The number of hydrogen-bond donors (Lipinski definition) is 1. The Morgan fingerprint density at radius 2 is 2.00 bits per heavy atom. The van der Waals surface area contributed by atoms with Gasteiger partial charge in [0, 0.05) is 16.1 Å². The van der Waals surface area contributed by atoms with Gasteiger partial charge in [0.25, 0.3) is 0 Å². The zero-order valence-electron chi connectivity index (χ0n) is 10.9. The largest absolute Gasteiger partial charge is 0.314 e. The summed E-state index contributed by atoms with van der Waals surface area (Å²) in [5.74, 6) is 0.802. The lowest BCUT2D eigenvalue weighted by Crippen LogP contribution is -2.37. The lowest BCUT2D eigenvalue weighted by molar-refractivity contribution is 0.362. The summed E-state index contributed by atoms with van der Waals surface area (Å²) in [6, 6.07) is 6.39. The topological polar surface area (TPSA) is 12.0 Å².